The van der Waals surface area contributed by atoms with Gasteiger partial charge in [-0.05, 0) is 32.1 Å². The second-order valence-electron chi connectivity index (χ2n) is 5.29. The van der Waals surface area contributed by atoms with Crippen molar-refractivity contribution in [1.29, 1.82) is 0 Å². The third-order valence-electron chi connectivity index (χ3n) is 3.58. The van der Waals surface area contributed by atoms with Gasteiger partial charge < -0.3 is 0 Å². The van der Waals surface area contributed by atoms with Crippen molar-refractivity contribution in [3.05, 3.63) is 0 Å². The van der Waals surface area contributed by atoms with E-state index in [0.717, 1.165) is 6.26 Å². The minimum absolute atomic E-state index is 0.00594. The number of carbonyl (C=O) groups is 1. The Kier molecular flexibility index (Phi) is 5.41. The molecule has 1 fully saturated rings. The van der Waals surface area contributed by atoms with Crippen molar-refractivity contribution in [3.63, 3.8) is 0 Å². The van der Waals surface area contributed by atoms with Gasteiger partial charge in [-0.1, -0.05) is 0 Å². The predicted octanol–water partition coefficient (Wildman–Crippen LogP) is 2.75. The lowest BCUT2D eigenvalue weighted by molar-refractivity contribution is -0.184. The maximum absolute atomic E-state index is 12.5. The molecule has 0 aromatic carbocycles. The fraction of sp³-hybridized carbons (Fsp3) is 0.917. The summed E-state index contributed by atoms with van der Waals surface area (Å²) in [5, 5.41) is 0. The zero-order valence-electron chi connectivity index (χ0n) is 10.9. The molecule has 0 amide bonds. The van der Waals surface area contributed by atoms with E-state index in [9.17, 15) is 26.4 Å². The first-order chi connectivity index (χ1) is 8.59. The molecule has 1 aliphatic rings. The number of halogens is 3. The van der Waals surface area contributed by atoms with Crippen LogP contribution in [0.25, 0.3) is 0 Å². The number of carbonyl (C=O) groups excluding carboxylic acids is 1. The Morgan fingerprint density at radius 1 is 1.16 bits per heavy atom. The lowest BCUT2D eigenvalue weighted by Gasteiger charge is -2.29. The molecule has 0 heterocycles. The minimum atomic E-state index is -4.16. The zero-order chi connectivity index (χ0) is 14.7. The molecule has 0 bridgehead atoms. The van der Waals surface area contributed by atoms with E-state index in [1.54, 1.807) is 0 Å². The highest BCUT2D eigenvalue weighted by Gasteiger charge is 2.42. The fourth-order valence-corrected chi connectivity index (χ4v) is 3.12. The molecular formula is C12H19F3O3S. The SMILES string of the molecule is CS(=O)(=O)CCCC(=O)C1CCC(C(F)(F)F)CC1. The highest BCUT2D eigenvalue weighted by molar-refractivity contribution is 7.90. The Balaban J connectivity index is 2.33. The van der Waals surface area contributed by atoms with Crippen molar-refractivity contribution < 1.29 is 26.4 Å². The van der Waals surface area contributed by atoms with Crippen LogP contribution in [-0.4, -0.2) is 32.4 Å². The largest absolute Gasteiger partial charge is 0.391 e. The second kappa shape index (κ2) is 6.24. The zero-order valence-corrected chi connectivity index (χ0v) is 11.7. The number of alkyl halides is 3. The van der Waals surface area contributed by atoms with Crippen LogP contribution in [-0.2, 0) is 14.6 Å². The van der Waals surface area contributed by atoms with Gasteiger partial charge in [0.1, 0.15) is 15.6 Å². The summed E-state index contributed by atoms with van der Waals surface area (Å²) in [5.74, 6) is -1.74. The Morgan fingerprint density at radius 3 is 2.11 bits per heavy atom. The van der Waals surface area contributed by atoms with Gasteiger partial charge >= 0.3 is 6.18 Å². The third-order valence-corrected chi connectivity index (χ3v) is 4.61. The maximum Gasteiger partial charge on any atom is 0.391 e. The summed E-state index contributed by atoms with van der Waals surface area (Å²) in [4.78, 5) is 11.8. The second-order valence-corrected chi connectivity index (χ2v) is 7.55. The molecule has 0 saturated heterocycles. The van der Waals surface area contributed by atoms with Crippen LogP contribution >= 0.6 is 0 Å². The van der Waals surface area contributed by atoms with E-state index in [2.05, 4.69) is 0 Å². The summed E-state index contributed by atoms with van der Waals surface area (Å²) < 4.78 is 59.2. The summed E-state index contributed by atoms with van der Waals surface area (Å²) in [6, 6.07) is 0. The first-order valence-electron chi connectivity index (χ1n) is 6.37. The number of rotatable bonds is 5. The molecule has 0 N–H and O–H groups in total. The molecule has 0 aromatic rings. The van der Waals surface area contributed by atoms with Crippen LogP contribution in [0.1, 0.15) is 38.5 Å². The molecule has 0 spiro atoms. The van der Waals surface area contributed by atoms with Gasteiger partial charge in [-0.25, -0.2) is 8.42 Å². The van der Waals surface area contributed by atoms with E-state index in [-0.39, 0.29) is 56.0 Å². The van der Waals surface area contributed by atoms with Gasteiger partial charge in [0.15, 0.2) is 0 Å². The molecule has 0 aliphatic heterocycles. The van der Waals surface area contributed by atoms with Crippen molar-refractivity contribution >= 4 is 15.6 Å². The van der Waals surface area contributed by atoms with Crippen molar-refractivity contribution in [1.82, 2.24) is 0 Å². The molecule has 1 rings (SSSR count). The molecule has 0 atom stereocenters. The first kappa shape index (κ1) is 16.5. The predicted molar refractivity (Wildman–Crippen MR) is 65.5 cm³/mol. The van der Waals surface area contributed by atoms with Crippen LogP contribution in [0.4, 0.5) is 13.2 Å². The van der Waals surface area contributed by atoms with Crippen LogP contribution in [0.5, 0.6) is 0 Å². The highest BCUT2D eigenvalue weighted by atomic mass is 32.2. The van der Waals surface area contributed by atoms with Crippen molar-refractivity contribution in [3.8, 4) is 0 Å². The van der Waals surface area contributed by atoms with Gasteiger partial charge in [-0.2, -0.15) is 13.2 Å². The van der Waals surface area contributed by atoms with Gasteiger partial charge in [0.05, 0.1) is 11.7 Å². The Labute approximate surface area is 111 Å². The number of Topliss-reactive ketones (excluding diaryl/α,β-unsaturated/α-hetero) is 1. The Hall–Kier alpha value is -0.590. The van der Waals surface area contributed by atoms with Crippen molar-refractivity contribution in [2.45, 2.75) is 44.7 Å². The first-order valence-corrected chi connectivity index (χ1v) is 8.43. The van der Waals surface area contributed by atoms with Gasteiger partial charge in [0.2, 0.25) is 0 Å². The van der Waals surface area contributed by atoms with Crippen LogP contribution in [0.15, 0.2) is 0 Å². The summed E-state index contributed by atoms with van der Waals surface area (Å²) in [5.41, 5.74) is 0. The van der Waals surface area contributed by atoms with Gasteiger partial charge in [0.25, 0.3) is 0 Å². The molecule has 0 unspecified atom stereocenters. The van der Waals surface area contributed by atoms with Crippen molar-refractivity contribution in [2.75, 3.05) is 12.0 Å². The number of sulfone groups is 1. The van der Waals surface area contributed by atoms with E-state index in [0.29, 0.717) is 0 Å². The minimum Gasteiger partial charge on any atom is -0.299 e. The summed E-state index contributed by atoms with van der Waals surface area (Å²) in [6.07, 6.45) is -2.11. The van der Waals surface area contributed by atoms with Gasteiger partial charge in [0, 0.05) is 18.6 Å². The molecule has 1 aliphatic carbocycles. The van der Waals surface area contributed by atoms with Crippen molar-refractivity contribution in [2.24, 2.45) is 11.8 Å². The van der Waals surface area contributed by atoms with Crippen LogP contribution in [0.3, 0.4) is 0 Å². The molecule has 3 nitrogen and oxygen atoms in total. The number of hydrogen-bond donors (Lipinski definition) is 0. The molecule has 112 valence electrons. The lowest BCUT2D eigenvalue weighted by atomic mass is 9.79. The van der Waals surface area contributed by atoms with E-state index in [1.807, 2.05) is 0 Å². The molecule has 1 saturated carbocycles. The maximum atomic E-state index is 12.5. The molecular weight excluding hydrogens is 281 g/mol. The average Bonchev–Trinajstić information content (AvgIpc) is 2.26. The molecule has 0 aromatic heterocycles. The molecule has 7 heteroatoms. The quantitative estimate of drug-likeness (QED) is 0.784. The standard InChI is InChI=1S/C12H19F3O3S/c1-19(17,18)8-2-3-11(16)9-4-6-10(7-5-9)12(13,14)15/h9-10H,2-8H2,1H3. The molecule has 19 heavy (non-hydrogen) atoms. The fourth-order valence-electron chi connectivity index (χ4n) is 2.46. The van der Waals surface area contributed by atoms with Gasteiger partial charge in [-0.15, -0.1) is 0 Å². The summed E-state index contributed by atoms with van der Waals surface area (Å²) in [6.45, 7) is 0. The number of hydrogen-bond acceptors (Lipinski definition) is 3. The average molecular weight is 300 g/mol. The highest BCUT2D eigenvalue weighted by Crippen LogP contribution is 2.39. The van der Waals surface area contributed by atoms with E-state index < -0.39 is 21.9 Å². The van der Waals surface area contributed by atoms with Crippen LogP contribution in [0.2, 0.25) is 0 Å². The summed E-state index contributed by atoms with van der Waals surface area (Å²) in [7, 11) is -3.08. The normalized spacial score (nSPS) is 25.3. The topological polar surface area (TPSA) is 51.2 Å². The Bertz CT molecular complexity index is 406. The van der Waals surface area contributed by atoms with E-state index >= 15 is 0 Å². The summed E-state index contributed by atoms with van der Waals surface area (Å²) >= 11 is 0. The number of ketones is 1. The monoisotopic (exact) mass is 300 g/mol. The van der Waals surface area contributed by atoms with Crippen LogP contribution < -0.4 is 0 Å². The van der Waals surface area contributed by atoms with Gasteiger partial charge in [-0.3, -0.25) is 4.79 Å². The lowest BCUT2D eigenvalue weighted by Crippen LogP contribution is -2.30. The van der Waals surface area contributed by atoms with E-state index in [1.165, 1.54) is 0 Å². The molecule has 0 radical (unpaired) electrons. The van der Waals surface area contributed by atoms with Crippen LogP contribution in [0, 0.1) is 11.8 Å². The smallest absolute Gasteiger partial charge is 0.299 e. The van der Waals surface area contributed by atoms with E-state index in [4.69, 9.17) is 0 Å². The third kappa shape index (κ3) is 5.93. The Morgan fingerprint density at radius 2 is 1.68 bits per heavy atom.